The Hall–Kier alpha value is -7.74. The molecule has 0 amide bonds. The zero-order chi connectivity index (χ0) is 39.8. The van der Waals surface area contributed by atoms with E-state index >= 15 is 0 Å². The summed E-state index contributed by atoms with van der Waals surface area (Å²) in [4.78, 5) is 0. The molecule has 0 aliphatic rings. The second-order valence-electron chi connectivity index (χ2n) is 15.6. The summed E-state index contributed by atoms with van der Waals surface area (Å²) < 4.78 is 6.15. The van der Waals surface area contributed by atoms with Gasteiger partial charge in [0, 0.05) is 16.7 Å². The molecular formula is C59H40O. The molecule has 0 fully saturated rings. The van der Waals surface area contributed by atoms with Crippen molar-refractivity contribution in [1.82, 2.24) is 0 Å². The summed E-state index contributed by atoms with van der Waals surface area (Å²) in [6.45, 7) is 0. The van der Waals surface area contributed by atoms with Gasteiger partial charge in [-0.05, 0) is 113 Å². The molecule has 1 atom stereocenters. The maximum atomic E-state index is 6.15. The monoisotopic (exact) mass is 764 g/mol. The van der Waals surface area contributed by atoms with E-state index in [1.165, 1.54) is 83.1 Å². The van der Waals surface area contributed by atoms with E-state index in [1.54, 1.807) is 0 Å². The molecule has 0 saturated heterocycles. The molecule has 1 heteroatoms. The molecule has 0 spiro atoms. The predicted molar refractivity (Wildman–Crippen MR) is 252 cm³/mol. The summed E-state index contributed by atoms with van der Waals surface area (Å²) in [7, 11) is 0. The first-order valence-corrected chi connectivity index (χ1v) is 20.7. The van der Waals surface area contributed by atoms with Crippen molar-refractivity contribution < 1.29 is 4.42 Å². The first kappa shape index (κ1) is 35.4. The maximum Gasteiger partial charge on any atom is 0.135 e. The molecule has 11 rings (SSSR count). The molecule has 0 saturated carbocycles. The van der Waals surface area contributed by atoms with Crippen molar-refractivity contribution >= 4 is 32.7 Å². The molecule has 1 nitrogen and oxygen atoms in total. The normalized spacial score (nSPS) is 11.9. The van der Waals surface area contributed by atoms with Gasteiger partial charge in [0.05, 0.1) is 0 Å². The topological polar surface area (TPSA) is 13.1 Å². The highest BCUT2D eigenvalue weighted by molar-refractivity contribution is 6.06. The standard InChI is InChI=1S/C59H40O/c1-3-14-40(15-4-1)44-18-11-19-45(36-44)41-28-30-43(31-29-41)59(55-34-33-51(42-16-5-2-6-17-42)52-24-7-8-25-53(52)55)50-23-13-22-48(38-50)46-20-12-21-47(37-46)49-32-35-58-56(39-49)54-26-9-10-27-57(54)60-58/h1-39,59H. The fourth-order valence-electron chi connectivity index (χ4n) is 9.05. The molecular weight excluding hydrogens is 725 g/mol. The van der Waals surface area contributed by atoms with Gasteiger partial charge >= 0.3 is 0 Å². The largest absolute Gasteiger partial charge is 0.456 e. The second kappa shape index (κ2) is 15.2. The fourth-order valence-corrected chi connectivity index (χ4v) is 9.05. The van der Waals surface area contributed by atoms with E-state index < -0.39 is 0 Å². The van der Waals surface area contributed by atoms with Gasteiger partial charge in [0.2, 0.25) is 0 Å². The third-order valence-electron chi connectivity index (χ3n) is 12.0. The molecule has 0 bridgehead atoms. The van der Waals surface area contributed by atoms with Crippen LogP contribution in [0.2, 0.25) is 0 Å². The Morgan fingerprint density at radius 3 is 1.43 bits per heavy atom. The van der Waals surface area contributed by atoms with Gasteiger partial charge in [-0.25, -0.2) is 0 Å². The highest BCUT2D eigenvalue weighted by atomic mass is 16.3. The minimum Gasteiger partial charge on any atom is -0.456 e. The first-order chi connectivity index (χ1) is 29.7. The minimum absolute atomic E-state index is 0.00987. The van der Waals surface area contributed by atoms with Gasteiger partial charge in [-0.2, -0.15) is 0 Å². The van der Waals surface area contributed by atoms with Gasteiger partial charge in [0.25, 0.3) is 0 Å². The van der Waals surface area contributed by atoms with Crippen LogP contribution in [0.5, 0.6) is 0 Å². The van der Waals surface area contributed by atoms with Crippen LogP contribution in [0.15, 0.2) is 241 Å². The van der Waals surface area contributed by atoms with Crippen molar-refractivity contribution in [1.29, 1.82) is 0 Å². The Kier molecular flexibility index (Phi) is 8.98. The summed E-state index contributed by atoms with van der Waals surface area (Å²) in [6.07, 6.45) is 0. The molecule has 10 aromatic carbocycles. The molecule has 11 aromatic rings. The predicted octanol–water partition coefficient (Wildman–Crippen LogP) is 16.3. The van der Waals surface area contributed by atoms with Crippen LogP contribution in [-0.4, -0.2) is 0 Å². The number of rotatable bonds is 8. The molecule has 60 heavy (non-hydrogen) atoms. The van der Waals surface area contributed by atoms with Crippen LogP contribution in [-0.2, 0) is 0 Å². The summed E-state index contributed by atoms with van der Waals surface area (Å²) in [5.74, 6) is -0.00987. The average Bonchev–Trinajstić information content (AvgIpc) is 3.71. The Bertz CT molecular complexity index is 3300. The summed E-state index contributed by atoms with van der Waals surface area (Å²) in [5, 5.41) is 4.80. The minimum atomic E-state index is -0.00987. The third kappa shape index (κ3) is 6.57. The number of furan rings is 1. The highest BCUT2D eigenvalue weighted by Crippen LogP contribution is 2.42. The van der Waals surface area contributed by atoms with Crippen molar-refractivity contribution in [3.05, 3.63) is 253 Å². The number of hydrogen-bond acceptors (Lipinski definition) is 1. The highest BCUT2D eigenvalue weighted by Gasteiger charge is 2.22. The molecule has 1 heterocycles. The van der Waals surface area contributed by atoms with Crippen LogP contribution in [0.4, 0.5) is 0 Å². The summed E-state index contributed by atoms with van der Waals surface area (Å²) >= 11 is 0. The van der Waals surface area contributed by atoms with E-state index in [0.29, 0.717) is 0 Å². The zero-order valence-corrected chi connectivity index (χ0v) is 33.0. The maximum absolute atomic E-state index is 6.15. The van der Waals surface area contributed by atoms with E-state index in [-0.39, 0.29) is 5.92 Å². The van der Waals surface area contributed by atoms with Gasteiger partial charge in [-0.15, -0.1) is 0 Å². The Morgan fingerprint density at radius 1 is 0.250 bits per heavy atom. The molecule has 0 N–H and O–H groups in total. The molecule has 0 aliphatic heterocycles. The van der Waals surface area contributed by atoms with E-state index in [0.717, 1.165) is 21.9 Å². The SMILES string of the molecule is c1ccc(-c2cccc(-c3ccc(C(c4cccc(-c5cccc(-c6ccc7oc8ccccc8c7c6)c5)c4)c4ccc(-c5ccccc5)c5ccccc45)cc3)c2)cc1. The van der Waals surface area contributed by atoms with Crippen LogP contribution in [0, 0.1) is 0 Å². The van der Waals surface area contributed by atoms with Crippen molar-refractivity contribution in [2.24, 2.45) is 0 Å². The van der Waals surface area contributed by atoms with Crippen LogP contribution in [0.3, 0.4) is 0 Å². The smallest absolute Gasteiger partial charge is 0.135 e. The van der Waals surface area contributed by atoms with E-state index in [2.05, 4.69) is 224 Å². The van der Waals surface area contributed by atoms with Gasteiger partial charge in [0.1, 0.15) is 11.2 Å². The fraction of sp³-hybridized carbons (Fsp3) is 0.0169. The number of fused-ring (bicyclic) bond motifs is 4. The Labute approximate surface area is 350 Å². The van der Waals surface area contributed by atoms with Gasteiger partial charge in [0.15, 0.2) is 0 Å². The lowest BCUT2D eigenvalue weighted by Crippen LogP contribution is -2.05. The summed E-state index contributed by atoms with van der Waals surface area (Å²) in [6, 6.07) is 85.9. The second-order valence-corrected chi connectivity index (χ2v) is 15.6. The lowest BCUT2D eigenvalue weighted by Gasteiger charge is -2.23. The summed E-state index contributed by atoms with van der Waals surface area (Å²) in [5.41, 5.74) is 17.7. The van der Waals surface area contributed by atoms with Crippen LogP contribution in [0.25, 0.3) is 88.3 Å². The molecule has 0 radical (unpaired) electrons. The molecule has 1 aromatic heterocycles. The number of benzene rings is 10. The Balaban J connectivity index is 1.02. The molecule has 1 unspecified atom stereocenters. The van der Waals surface area contributed by atoms with Crippen LogP contribution in [0.1, 0.15) is 22.6 Å². The van der Waals surface area contributed by atoms with E-state index in [4.69, 9.17) is 4.42 Å². The lowest BCUT2D eigenvalue weighted by molar-refractivity contribution is 0.669. The van der Waals surface area contributed by atoms with Gasteiger partial charge in [-0.1, -0.05) is 206 Å². The van der Waals surface area contributed by atoms with E-state index in [9.17, 15) is 0 Å². The Morgan fingerprint density at radius 2 is 0.733 bits per heavy atom. The molecule has 0 aliphatic carbocycles. The quantitative estimate of drug-likeness (QED) is 0.140. The lowest BCUT2D eigenvalue weighted by atomic mass is 9.80. The average molecular weight is 765 g/mol. The van der Waals surface area contributed by atoms with E-state index in [1.807, 2.05) is 12.1 Å². The zero-order valence-electron chi connectivity index (χ0n) is 33.0. The van der Waals surface area contributed by atoms with Gasteiger partial charge in [-0.3, -0.25) is 0 Å². The van der Waals surface area contributed by atoms with Crippen molar-refractivity contribution in [3.8, 4) is 55.6 Å². The van der Waals surface area contributed by atoms with Gasteiger partial charge < -0.3 is 4.42 Å². The van der Waals surface area contributed by atoms with Crippen LogP contribution < -0.4 is 0 Å². The van der Waals surface area contributed by atoms with Crippen molar-refractivity contribution in [3.63, 3.8) is 0 Å². The van der Waals surface area contributed by atoms with Crippen LogP contribution >= 0.6 is 0 Å². The van der Waals surface area contributed by atoms with Crippen molar-refractivity contribution in [2.75, 3.05) is 0 Å². The third-order valence-corrected chi connectivity index (χ3v) is 12.0. The molecule has 282 valence electrons. The number of hydrogen-bond donors (Lipinski definition) is 0. The first-order valence-electron chi connectivity index (χ1n) is 20.7. The number of para-hydroxylation sites is 1. The van der Waals surface area contributed by atoms with Crippen molar-refractivity contribution in [2.45, 2.75) is 5.92 Å².